The lowest BCUT2D eigenvalue weighted by Crippen LogP contribution is -2.33. The zero-order valence-corrected chi connectivity index (χ0v) is 17.4. The van der Waals surface area contributed by atoms with Crippen molar-refractivity contribution < 1.29 is 23.1 Å². The van der Waals surface area contributed by atoms with Crippen molar-refractivity contribution in [3.63, 3.8) is 0 Å². The molecule has 1 fully saturated rings. The van der Waals surface area contributed by atoms with Crippen LogP contribution in [0.2, 0.25) is 0 Å². The minimum absolute atomic E-state index is 0.109. The summed E-state index contributed by atoms with van der Waals surface area (Å²) in [6.07, 6.45) is 6.45. The van der Waals surface area contributed by atoms with Gasteiger partial charge in [0.2, 0.25) is 5.88 Å². The first-order valence-corrected chi connectivity index (χ1v) is 10.5. The van der Waals surface area contributed by atoms with Crippen LogP contribution in [-0.4, -0.2) is 47.7 Å². The molecule has 0 radical (unpaired) electrons. The lowest BCUT2D eigenvalue weighted by molar-refractivity contribution is 0.0991. The maximum Gasteiger partial charge on any atom is 0.319 e. The third-order valence-electron chi connectivity index (χ3n) is 4.84. The van der Waals surface area contributed by atoms with Gasteiger partial charge in [0.15, 0.2) is 0 Å². The summed E-state index contributed by atoms with van der Waals surface area (Å²) in [5.41, 5.74) is 3.48. The standard InChI is InChI=1S/C19H25F2N5O3S/c1-19(21)6-5-12(20)9-11(19)10-29-16-14(15(22)27)17(30-26-16)25-18(28)24-8-2-7-23-13-3-4-13/h5-6,9,11,13,23H,2-4,7-8,10H2,1H3,(H2,22,27)(H2,24,25,28). The highest BCUT2D eigenvalue weighted by Gasteiger charge is 2.34. The molecule has 5 N–H and O–H groups in total. The molecule has 3 rings (SSSR count). The van der Waals surface area contributed by atoms with Crippen molar-refractivity contribution >= 4 is 28.5 Å². The van der Waals surface area contributed by atoms with Crippen LogP contribution in [0.25, 0.3) is 0 Å². The van der Waals surface area contributed by atoms with Gasteiger partial charge in [0.25, 0.3) is 5.91 Å². The molecule has 8 nitrogen and oxygen atoms in total. The van der Waals surface area contributed by atoms with E-state index in [4.69, 9.17) is 10.5 Å². The highest BCUT2D eigenvalue weighted by Crippen LogP contribution is 2.34. The van der Waals surface area contributed by atoms with E-state index < -0.39 is 29.4 Å². The number of nitrogens with zero attached hydrogens (tertiary/aromatic N) is 1. The average Bonchev–Trinajstić information content (AvgIpc) is 3.41. The zero-order chi connectivity index (χ0) is 21.7. The van der Waals surface area contributed by atoms with E-state index in [1.165, 1.54) is 19.8 Å². The topological polar surface area (TPSA) is 118 Å². The Morgan fingerprint density at radius 1 is 1.40 bits per heavy atom. The van der Waals surface area contributed by atoms with Gasteiger partial charge in [0, 0.05) is 12.6 Å². The second-order valence-electron chi connectivity index (χ2n) is 7.47. The van der Waals surface area contributed by atoms with Crippen LogP contribution in [0.3, 0.4) is 0 Å². The number of primary amides is 1. The Bertz CT molecular complexity index is 851. The van der Waals surface area contributed by atoms with Gasteiger partial charge in [-0.25, -0.2) is 13.6 Å². The highest BCUT2D eigenvalue weighted by molar-refractivity contribution is 7.11. The Morgan fingerprint density at radius 2 is 2.17 bits per heavy atom. The van der Waals surface area contributed by atoms with Crippen LogP contribution in [0.5, 0.6) is 5.88 Å². The fourth-order valence-corrected chi connectivity index (χ4v) is 3.60. The van der Waals surface area contributed by atoms with Crippen LogP contribution in [0.1, 0.15) is 36.5 Å². The summed E-state index contributed by atoms with van der Waals surface area (Å²) in [6.45, 7) is 2.32. The van der Waals surface area contributed by atoms with Crippen LogP contribution in [-0.2, 0) is 0 Å². The summed E-state index contributed by atoms with van der Waals surface area (Å²) in [5, 5.41) is 8.69. The highest BCUT2D eigenvalue weighted by atomic mass is 32.1. The van der Waals surface area contributed by atoms with E-state index in [0.717, 1.165) is 42.7 Å². The predicted molar refractivity (Wildman–Crippen MR) is 110 cm³/mol. The molecule has 0 bridgehead atoms. The number of hydrogen-bond acceptors (Lipinski definition) is 6. The number of nitrogens with one attached hydrogen (secondary N) is 3. The third kappa shape index (κ3) is 5.99. The van der Waals surface area contributed by atoms with Crippen LogP contribution in [0, 0.1) is 5.92 Å². The molecular formula is C19H25F2N5O3S. The van der Waals surface area contributed by atoms with Gasteiger partial charge in [0.05, 0.1) is 12.5 Å². The van der Waals surface area contributed by atoms with E-state index in [9.17, 15) is 18.4 Å². The van der Waals surface area contributed by atoms with Crippen molar-refractivity contribution in [1.29, 1.82) is 0 Å². The first-order chi connectivity index (χ1) is 14.3. The van der Waals surface area contributed by atoms with E-state index in [2.05, 4.69) is 20.3 Å². The Hall–Kier alpha value is -2.53. The molecule has 2 atom stereocenters. The molecular weight excluding hydrogens is 416 g/mol. The number of allylic oxidation sites excluding steroid dienone is 3. The number of amides is 3. The molecule has 0 spiro atoms. The monoisotopic (exact) mass is 441 g/mol. The summed E-state index contributed by atoms with van der Waals surface area (Å²) >= 11 is 0.818. The second-order valence-corrected chi connectivity index (χ2v) is 8.25. The summed E-state index contributed by atoms with van der Waals surface area (Å²) < 4.78 is 37.4. The molecule has 164 valence electrons. The molecule has 0 saturated heterocycles. The van der Waals surface area contributed by atoms with Crippen molar-refractivity contribution in [1.82, 2.24) is 15.0 Å². The Balaban J connectivity index is 1.54. The third-order valence-corrected chi connectivity index (χ3v) is 5.58. The number of hydrogen-bond donors (Lipinski definition) is 4. The molecule has 30 heavy (non-hydrogen) atoms. The van der Waals surface area contributed by atoms with E-state index in [1.807, 2.05) is 0 Å². The number of anilines is 1. The predicted octanol–water partition coefficient (Wildman–Crippen LogP) is 2.65. The summed E-state index contributed by atoms with van der Waals surface area (Å²) in [6, 6.07) is 0.109. The minimum atomic E-state index is -1.81. The molecule has 2 aliphatic rings. The normalized spacial score (nSPS) is 23.0. The second kappa shape index (κ2) is 9.52. The van der Waals surface area contributed by atoms with Gasteiger partial charge in [0.1, 0.15) is 22.1 Å². The number of halogens is 2. The van der Waals surface area contributed by atoms with E-state index in [1.54, 1.807) is 0 Å². The van der Waals surface area contributed by atoms with Gasteiger partial charge in [-0.05, 0) is 62.5 Å². The number of urea groups is 1. The number of carbonyl (C=O) groups is 2. The largest absolute Gasteiger partial charge is 0.476 e. The van der Waals surface area contributed by atoms with E-state index in [0.29, 0.717) is 12.6 Å². The Morgan fingerprint density at radius 3 is 2.87 bits per heavy atom. The Labute approximate surface area is 177 Å². The fraction of sp³-hybridized carbons (Fsp3) is 0.526. The van der Waals surface area contributed by atoms with Gasteiger partial charge in [-0.15, -0.1) is 0 Å². The summed E-state index contributed by atoms with van der Waals surface area (Å²) in [4.78, 5) is 23.9. The smallest absolute Gasteiger partial charge is 0.319 e. The van der Waals surface area contributed by atoms with E-state index in [-0.39, 0.29) is 23.1 Å². The minimum Gasteiger partial charge on any atom is -0.476 e. The lowest BCUT2D eigenvalue weighted by Gasteiger charge is -2.27. The fourth-order valence-electron chi connectivity index (χ4n) is 2.86. The number of carbonyl (C=O) groups excluding carboxylic acids is 2. The molecule has 3 amide bonds. The molecule has 0 aromatic carbocycles. The quantitative estimate of drug-likeness (QED) is 0.416. The molecule has 2 aliphatic carbocycles. The molecule has 0 aliphatic heterocycles. The van der Waals surface area contributed by atoms with Crippen molar-refractivity contribution in [3.05, 3.63) is 29.6 Å². The van der Waals surface area contributed by atoms with E-state index >= 15 is 0 Å². The zero-order valence-electron chi connectivity index (χ0n) is 16.5. The van der Waals surface area contributed by atoms with Crippen LogP contribution >= 0.6 is 11.5 Å². The van der Waals surface area contributed by atoms with Crippen molar-refractivity contribution in [3.8, 4) is 5.88 Å². The SMILES string of the molecule is CC1(F)C=CC(F)=CC1COc1nsc(NC(=O)NCCCNC2CC2)c1C(N)=O. The maximum absolute atomic E-state index is 14.5. The first-order valence-electron chi connectivity index (χ1n) is 9.72. The number of nitrogens with two attached hydrogens (primary N) is 1. The number of rotatable bonds is 10. The lowest BCUT2D eigenvalue weighted by atomic mass is 9.87. The summed E-state index contributed by atoms with van der Waals surface area (Å²) in [5.74, 6) is -2.46. The number of aromatic nitrogens is 1. The summed E-state index contributed by atoms with van der Waals surface area (Å²) in [7, 11) is 0. The van der Waals surface area contributed by atoms with Gasteiger partial charge in [-0.1, -0.05) is 0 Å². The van der Waals surface area contributed by atoms with Crippen molar-refractivity contribution in [2.75, 3.05) is 25.0 Å². The van der Waals surface area contributed by atoms with Crippen LogP contribution in [0.4, 0.5) is 18.6 Å². The van der Waals surface area contributed by atoms with Crippen LogP contribution < -0.4 is 26.4 Å². The molecule has 2 unspecified atom stereocenters. The average molecular weight is 442 g/mol. The molecule has 1 saturated carbocycles. The van der Waals surface area contributed by atoms with Crippen molar-refractivity contribution in [2.24, 2.45) is 11.7 Å². The Kier molecular flexibility index (Phi) is 7.03. The molecule has 11 heteroatoms. The first kappa shape index (κ1) is 22.2. The van der Waals surface area contributed by atoms with Gasteiger partial charge >= 0.3 is 6.03 Å². The number of ether oxygens (including phenoxy) is 1. The molecule has 1 aromatic rings. The number of alkyl halides is 1. The van der Waals surface area contributed by atoms with Gasteiger partial charge in [-0.2, -0.15) is 4.37 Å². The maximum atomic E-state index is 14.5. The molecule has 1 aromatic heterocycles. The molecule has 1 heterocycles. The van der Waals surface area contributed by atoms with Gasteiger partial charge in [-0.3, -0.25) is 10.1 Å². The van der Waals surface area contributed by atoms with Crippen LogP contribution in [0.15, 0.2) is 24.1 Å². The van der Waals surface area contributed by atoms with Crippen molar-refractivity contribution in [2.45, 2.75) is 37.9 Å². The van der Waals surface area contributed by atoms with Gasteiger partial charge < -0.3 is 21.1 Å².